The van der Waals surface area contributed by atoms with Crippen LogP contribution in [0.5, 0.6) is 0 Å². The number of carbonyl (C=O) groups is 2. The third-order valence-corrected chi connectivity index (χ3v) is 4.76. The van der Waals surface area contributed by atoms with Gasteiger partial charge in [0.25, 0.3) is 0 Å². The maximum Gasteiger partial charge on any atom is 0.243 e. The molecule has 0 unspecified atom stereocenters. The van der Waals surface area contributed by atoms with E-state index in [0.717, 1.165) is 15.2 Å². The molecule has 2 aromatic rings. The Kier molecular flexibility index (Phi) is 6.53. The van der Waals surface area contributed by atoms with Gasteiger partial charge in [-0.1, -0.05) is 18.5 Å². The largest absolute Gasteiger partial charge is 0.351 e. The Morgan fingerprint density at radius 3 is 2.79 bits per heavy atom. The molecule has 0 aliphatic rings. The van der Waals surface area contributed by atoms with Crippen LogP contribution in [-0.2, 0) is 16.0 Å². The third-order valence-electron chi connectivity index (χ3n) is 3.49. The lowest BCUT2D eigenvalue weighted by Gasteiger charge is -2.19. The molecule has 1 heterocycles. The Bertz CT molecular complexity index is 734. The molecule has 0 fully saturated rings. The van der Waals surface area contributed by atoms with Crippen LogP contribution < -0.4 is 16.4 Å². The minimum Gasteiger partial charge on any atom is -0.351 e. The predicted molar refractivity (Wildman–Crippen MR) is 97.2 cm³/mol. The first-order valence-electron chi connectivity index (χ1n) is 7.77. The van der Waals surface area contributed by atoms with E-state index in [0.29, 0.717) is 24.4 Å². The molecule has 8 heteroatoms. The summed E-state index contributed by atoms with van der Waals surface area (Å²) < 4.78 is 0.953. The molecular formula is C16H21ClN4O2S. The average molecular weight is 369 g/mol. The van der Waals surface area contributed by atoms with Crippen LogP contribution in [0, 0.1) is 0 Å². The van der Waals surface area contributed by atoms with Crippen molar-refractivity contribution in [3.05, 3.63) is 28.2 Å². The molecule has 0 bridgehead atoms. The van der Waals surface area contributed by atoms with Crippen molar-refractivity contribution in [2.24, 2.45) is 5.73 Å². The molecular weight excluding hydrogens is 348 g/mol. The summed E-state index contributed by atoms with van der Waals surface area (Å²) in [6, 6.07) is 4.62. The van der Waals surface area contributed by atoms with E-state index >= 15 is 0 Å². The minimum atomic E-state index is -0.678. The lowest BCUT2D eigenvalue weighted by molar-refractivity contribution is -0.129. The fraction of sp³-hybridized carbons (Fsp3) is 0.438. The number of carbonyl (C=O) groups excluding carboxylic acids is 2. The summed E-state index contributed by atoms with van der Waals surface area (Å²) in [5, 5.41) is 6.96. The van der Waals surface area contributed by atoms with Crippen molar-refractivity contribution in [3.63, 3.8) is 0 Å². The summed E-state index contributed by atoms with van der Waals surface area (Å²) in [4.78, 5) is 28.7. The molecule has 0 saturated carbocycles. The predicted octanol–water partition coefficient (Wildman–Crippen LogP) is 1.85. The zero-order valence-corrected chi connectivity index (χ0v) is 15.2. The van der Waals surface area contributed by atoms with E-state index in [4.69, 9.17) is 17.3 Å². The zero-order chi connectivity index (χ0) is 17.7. The molecule has 130 valence electrons. The first-order valence-corrected chi connectivity index (χ1v) is 8.97. The van der Waals surface area contributed by atoms with Gasteiger partial charge in [-0.25, -0.2) is 4.98 Å². The van der Waals surface area contributed by atoms with E-state index in [1.54, 1.807) is 13.0 Å². The lowest BCUT2D eigenvalue weighted by Crippen LogP contribution is -2.51. The van der Waals surface area contributed by atoms with Crippen LogP contribution in [0.25, 0.3) is 10.2 Å². The third kappa shape index (κ3) is 4.90. The summed E-state index contributed by atoms with van der Waals surface area (Å²) in [6.45, 7) is 3.89. The Morgan fingerprint density at radius 1 is 1.38 bits per heavy atom. The van der Waals surface area contributed by atoms with Crippen LogP contribution in [-0.4, -0.2) is 35.4 Å². The van der Waals surface area contributed by atoms with Crippen molar-refractivity contribution in [2.75, 3.05) is 6.54 Å². The maximum absolute atomic E-state index is 12.4. The quantitative estimate of drug-likeness (QED) is 0.694. The van der Waals surface area contributed by atoms with E-state index in [1.165, 1.54) is 11.3 Å². The number of nitrogens with two attached hydrogens (primary N) is 1. The van der Waals surface area contributed by atoms with Crippen molar-refractivity contribution in [3.8, 4) is 0 Å². The number of nitrogens with zero attached hydrogens (tertiary/aromatic N) is 1. The molecule has 0 saturated heterocycles. The molecule has 2 amide bonds. The molecule has 1 aromatic heterocycles. The van der Waals surface area contributed by atoms with Crippen LogP contribution in [0.2, 0.25) is 5.02 Å². The van der Waals surface area contributed by atoms with Gasteiger partial charge in [-0.05, 0) is 25.1 Å². The van der Waals surface area contributed by atoms with Gasteiger partial charge in [0.1, 0.15) is 6.04 Å². The molecule has 0 aliphatic carbocycles. The second-order valence-electron chi connectivity index (χ2n) is 5.54. The van der Waals surface area contributed by atoms with Gasteiger partial charge in [0.15, 0.2) is 0 Å². The summed E-state index contributed by atoms with van der Waals surface area (Å²) in [5.74, 6) is -0.438. The maximum atomic E-state index is 12.4. The molecule has 1 aromatic carbocycles. The molecule has 0 radical (unpaired) electrons. The van der Waals surface area contributed by atoms with Crippen molar-refractivity contribution >= 4 is 45.0 Å². The number of nitrogens with one attached hydrogen (secondary N) is 2. The number of halogens is 1. The monoisotopic (exact) mass is 368 g/mol. The highest BCUT2D eigenvalue weighted by Gasteiger charge is 2.23. The van der Waals surface area contributed by atoms with Crippen LogP contribution in [0.4, 0.5) is 0 Å². The molecule has 4 N–H and O–H groups in total. The van der Waals surface area contributed by atoms with Gasteiger partial charge in [0.05, 0.1) is 15.2 Å². The van der Waals surface area contributed by atoms with Gasteiger partial charge >= 0.3 is 0 Å². The number of hydrogen-bond donors (Lipinski definition) is 3. The van der Waals surface area contributed by atoms with Crippen LogP contribution in [0.1, 0.15) is 25.3 Å². The zero-order valence-electron chi connectivity index (χ0n) is 13.6. The summed E-state index contributed by atoms with van der Waals surface area (Å²) >= 11 is 7.46. The number of fused-ring (bicyclic) bond motifs is 1. The van der Waals surface area contributed by atoms with Gasteiger partial charge in [-0.3, -0.25) is 9.59 Å². The van der Waals surface area contributed by atoms with Gasteiger partial charge in [-0.2, -0.15) is 0 Å². The highest BCUT2D eigenvalue weighted by molar-refractivity contribution is 7.18. The summed E-state index contributed by atoms with van der Waals surface area (Å²) in [6.07, 6.45) is 0.636. The van der Waals surface area contributed by atoms with Crippen molar-refractivity contribution in [1.82, 2.24) is 15.6 Å². The van der Waals surface area contributed by atoms with E-state index in [9.17, 15) is 9.59 Å². The van der Waals surface area contributed by atoms with Crippen LogP contribution in [0.15, 0.2) is 18.2 Å². The first-order chi connectivity index (χ1) is 11.4. The Hall–Kier alpha value is -1.70. The van der Waals surface area contributed by atoms with Crippen LogP contribution >= 0.6 is 22.9 Å². The fourth-order valence-corrected chi connectivity index (χ4v) is 3.40. The molecule has 2 rings (SSSR count). The minimum absolute atomic E-state index is 0.160. The second-order valence-corrected chi connectivity index (χ2v) is 7.09. The summed E-state index contributed by atoms with van der Waals surface area (Å²) in [5.41, 5.74) is 6.37. The van der Waals surface area contributed by atoms with Gasteiger partial charge in [0, 0.05) is 30.5 Å². The second kappa shape index (κ2) is 8.41. The van der Waals surface area contributed by atoms with E-state index in [1.807, 2.05) is 19.1 Å². The number of amides is 2. The number of rotatable bonds is 7. The number of hydrogen-bond acceptors (Lipinski definition) is 5. The van der Waals surface area contributed by atoms with Gasteiger partial charge in [-0.15, -0.1) is 11.3 Å². The SMILES string of the molecule is CCC(=O)N[C@@H](Cc1nc2ccc(Cl)cc2s1)C(=O)N[C@@H](C)CN. The highest BCUT2D eigenvalue weighted by Crippen LogP contribution is 2.26. The molecule has 24 heavy (non-hydrogen) atoms. The molecule has 6 nitrogen and oxygen atoms in total. The standard InChI is InChI=1S/C16H21ClN4O2S/c1-3-14(22)20-12(16(23)19-9(2)8-18)7-15-21-11-5-4-10(17)6-13(11)24-15/h4-6,9,12H,3,7-8,18H2,1-2H3,(H,19,23)(H,20,22)/t9-,12-/m0/s1. The van der Waals surface area contributed by atoms with E-state index in [2.05, 4.69) is 15.6 Å². The topological polar surface area (TPSA) is 97.1 Å². The van der Waals surface area contributed by atoms with Crippen molar-refractivity contribution < 1.29 is 9.59 Å². The lowest BCUT2D eigenvalue weighted by atomic mass is 10.1. The normalized spacial score (nSPS) is 13.5. The Balaban J connectivity index is 2.18. The fourth-order valence-electron chi connectivity index (χ4n) is 2.12. The highest BCUT2D eigenvalue weighted by atomic mass is 35.5. The van der Waals surface area contributed by atoms with Crippen LogP contribution in [0.3, 0.4) is 0 Å². The van der Waals surface area contributed by atoms with Gasteiger partial charge in [0.2, 0.25) is 11.8 Å². The van der Waals surface area contributed by atoms with E-state index in [-0.39, 0.29) is 17.9 Å². The molecule has 0 spiro atoms. The smallest absolute Gasteiger partial charge is 0.243 e. The number of benzene rings is 1. The van der Waals surface area contributed by atoms with Crippen molar-refractivity contribution in [2.45, 2.75) is 38.8 Å². The first kappa shape index (κ1) is 18.6. The van der Waals surface area contributed by atoms with Gasteiger partial charge < -0.3 is 16.4 Å². The Morgan fingerprint density at radius 2 is 2.12 bits per heavy atom. The molecule has 0 aliphatic heterocycles. The van der Waals surface area contributed by atoms with Crippen molar-refractivity contribution in [1.29, 1.82) is 0 Å². The average Bonchev–Trinajstić information content (AvgIpc) is 2.95. The number of thiazole rings is 1. The Labute approximate surface area is 149 Å². The number of aromatic nitrogens is 1. The summed E-state index contributed by atoms with van der Waals surface area (Å²) in [7, 11) is 0. The molecule has 2 atom stereocenters. The van der Waals surface area contributed by atoms with E-state index < -0.39 is 6.04 Å².